The summed E-state index contributed by atoms with van der Waals surface area (Å²) in [5, 5.41) is 0. The molecule has 92 valence electrons. The molecule has 0 aromatic rings. The molecule has 0 aliphatic rings. The van der Waals surface area contributed by atoms with E-state index in [4.69, 9.17) is 0 Å². The van der Waals surface area contributed by atoms with Crippen molar-refractivity contribution in [3.05, 3.63) is 0 Å². The molecule has 0 radical (unpaired) electrons. The lowest BCUT2D eigenvalue weighted by molar-refractivity contribution is -0.915. The highest BCUT2D eigenvalue weighted by Gasteiger charge is 2.23. The first kappa shape index (κ1) is 15.0. The minimum absolute atomic E-state index is 0.851. The molecule has 1 nitrogen and oxygen atoms in total. The van der Waals surface area contributed by atoms with E-state index >= 15 is 0 Å². The molecule has 0 unspecified atom stereocenters. The fourth-order valence-electron chi connectivity index (χ4n) is 2.53. The molecule has 0 saturated carbocycles. The van der Waals surface area contributed by atoms with Gasteiger partial charge in [0.05, 0.1) is 26.7 Å². The second-order valence-electron chi connectivity index (χ2n) is 5.86. The zero-order valence-corrected chi connectivity index (χ0v) is 11.8. The third kappa shape index (κ3) is 6.19. The summed E-state index contributed by atoms with van der Waals surface area (Å²) in [6.45, 7) is 10.6. The fourth-order valence-corrected chi connectivity index (χ4v) is 2.53. The van der Waals surface area contributed by atoms with Gasteiger partial charge in [-0.05, 0) is 31.6 Å². The molecule has 0 heterocycles. The smallest absolute Gasteiger partial charge is 0.0880 e. The van der Waals surface area contributed by atoms with Gasteiger partial charge < -0.3 is 4.48 Å². The summed E-state index contributed by atoms with van der Waals surface area (Å²) in [5.74, 6) is 0.869. The Bertz CT molecular complexity index is 145. The van der Waals surface area contributed by atoms with Gasteiger partial charge in [-0.25, -0.2) is 0 Å². The van der Waals surface area contributed by atoms with E-state index in [9.17, 15) is 0 Å². The number of nitrogens with zero attached hydrogens (tertiary/aromatic N) is 1. The summed E-state index contributed by atoms with van der Waals surface area (Å²) < 4.78 is 1.21. The monoisotopic (exact) mass is 214 g/mol. The molecular formula is C14H32N+. The molecule has 0 amide bonds. The first-order valence-corrected chi connectivity index (χ1v) is 6.76. The van der Waals surface area contributed by atoms with Crippen molar-refractivity contribution in [2.24, 2.45) is 5.92 Å². The molecule has 15 heavy (non-hydrogen) atoms. The number of quaternary nitrogens is 1. The predicted molar refractivity (Wildman–Crippen MR) is 70.0 cm³/mol. The van der Waals surface area contributed by atoms with E-state index < -0.39 is 0 Å². The molecule has 0 spiro atoms. The number of hydrogen-bond donors (Lipinski definition) is 0. The van der Waals surface area contributed by atoms with Crippen molar-refractivity contribution in [2.45, 2.75) is 65.8 Å². The van der Waals surface area contributed by atoms with Gasteiger partial charge in [-0.2, -0.15) is 0 Å². The topological polar surface area (TPSA) is 0 Å². The van der Waals surface area contributed by atoms with Crippen molar-refractivity contribution in [3.63, 3.8) is 0 Å². The van der Waals surface area contributed by atoms with E-state index in [2.05, 4.69) is 41.8 Å². The Labute approximate surface area is 97.5 Å². The van der Waals surface area contributed by atoms with E-state index in [1.807, 2.05) is 0 Å². The van der Waals surface area contributed by atoms with Gasteiger partial charge in [-0.1, -0.05) is 34.1 Å². The third-order valence-electron chi connectivity index (χ3n) is 3.70. The molecule has 0 atom stereocenters. The Hall–Kier alpha value is -0.0400. The first-order chi connectivity index (χ1) is 6.94. The Morgan fingerprint density at radius 2 is 1.47 bits per heavy atom. The van der Waals surface area contributed by atoms with Crippen LogP contribution in [-0.2, 0) is 0 Å². The van der Waals surface area contributed by atoms with Gasteiger partial charge in [0.1, 0.15) is 0 Å². The van der Waals surface area contributed by atoms with Gasteiger partial charge in [-0.3, -0.25) is 0 Å². The molecule has 0 aliphatic carbocycles. The minimum atomic E-state index is 0.851. The summed E-state index contributed by atoms with van der Waals surface area (Å²) in [6, 6.07) is 0.851. The third-order valence-corrected chi connectivity index (χ3v) is 3.70. The molecule has 0 N–H and O–H groups in total. The first-order valence-electron chi connectivity index (χ1n) is 6.76. The maximum absolute atomic E-state index is 2.40. The van der Waals surface area contributed by atoms with Gasteiger partial charge in [-0.15, -0.1) is 0 Å². The lowest BCUT2D eigenvalue weighted by atomic mass is 10.0. The Morgan fingerprint density at radius 1 is 0.933 bits per heavy atom. The second-order valence-corrected chi connectivity index (χ2v) is 5.86. The highest BCUT2D eigenvalue weighted by Crippen LogP contribution is 2.16. The Kier molecular flexibility index (Phi) is 7.25. The molecular weight excluding hydrogens is 182 g/mol. The lowest BCUT2D eigenvalue weighted by Crippen LogP contribution is -2.48. The molecule has 0 bridgehead atoms. The Balaban J connectivity index is 3.82. The van der Waals surface area contributed by atoms with E-state index in [0.29, 0.717) is 0 Å². The van der Waals surface area contributed by atoms with E-state index in [0.717, 1.165) is 12.0 Å². The van der Waals surface area contributed by atoms with Crippen LogP contribution >= 0.6 is 0 Å². The van der Waals surface area contributed by atoms with Crippen molar-refractivity contribution in [2.75, 3.05) is 20.6 Å². The standard InChI is InChI=1S/C14H32N/c1-7-14(8-2)15(5,6)12-10-9-11-13(3)4/h13-14H,7-12H2,1-6H3/q+1. The molecule has 0 aromatic heterocycles. The summed E-state index contributed by atoms with van der Waals surface area (Å²) in [7, 11) is 4.79. The average molecular weight is 214 g/mol. The van der Waals surface area contributed by atoms with Crippen molar-refractivity contribution < 1.29 is 4.48 Å². The summed E-state index contributed by atoms with van der Waals surface area (Å²) in [6.07, 6.45) is 6.81. The van der Waals surface area contributed by atoms with Gasteiger partial charge >= 0.3 is 0 Å². The largest absolute Gasteiger partial charge is 0.326 e. The SMILES string of the molecule is CCC(CC)[N+](C)(C)CCCCC(C)C. The van der Waals surface area contributed by atoms with Crippen LogP contribution in [0.15, 0.2) is 0 Å². The maximum atomic E-state index is 2.40. The fraction of sp³-hybridized carbons (Fsp3) is 1.00. The van der Waals surface area contributed by atoms with Gasteiger partial charge in [0.2, 0.25) is 0 Å². The molecule has 1 heteroatoms. The van der Waals surface area contributed by atoms with E-state index in [1.165, 1.54) is 43.1 Å². The van der Waals surface area contributed by atoms with Gasteiger partial charge in [0.25, 0.3) is 0 Å². The normalized spacial score (nSPS) is 12.8. The van der Waals surface area contributed by atoms with E-state index in [-0.39, 0.29) is 0 Å². The van der Waals surface area contributed by atoms with Crippen LogP contribution in [0.25, 0.3) is 0 Å². The molecule has 0 saturated heterocycles. The minimum Gasteiger partial charge on any atom is -0.326 e. The number of hydrogen-bond acceptors (Lipinski definition) is 0. The van der Waals surface area contributed by atoms with Gasteiger partial charge in [0, 0.05) is 0 Å². The molecule has 0 aromatic carbocycles. The van der Waals surface area contributed by atoms with Crippen LogP contribution in [0, 0.1) is 5.92 Å². The zero-order valence-electron chi connectivity index (χ0n) is 11.8. The molecule has 0 rings (SSSR count). The van der Waals surface area contributed by atoms with Crippen molar-refractivity contribution in [1.82, 2.24) is 0 Å². The quantitative estimate of drug-likeness (QED) is 0.422. The number of rotatable bonds is 8. The highest BCUT2D eigenvalue weighted by atomic mass is 15.3. The molecule has 0 aliphatic heterocycles. The Morgan fingerprint density at radius 3 is 1.87 bits per heavy atom. The van der Waals surface area contributed by atoms with Crippen molar-refractivity contribution in [1.29, 1.82) is 0 Å². The van der Waals surface area contributed by atoms with Crippen LogP contribution < -0.4 is 0 Å². The van der Waals surface area contributed by atoms with Crippen LogP contribution in [0.5, 0.6) is 0 Å². The van der Waals surface area contributed by atoms with Crippen LogP contribution in [0.1, 0.15) is 59.8 Å². The van der Waals surface area contributed by atoms with Crippen LogP contribution in [0.3, 0.4) is 0 Å². The molecule has 0 fully saturated rings. The van der Waals surface area contributed by atoms with Crippen LogP contribution in [0.4, 0.5) is 0 Å². The summed E-state index contributed by atoms with van der Waals surface area (Å²) in [4.78, 5) is 0. The van der Waals surface area contributed by atoms with Crippen LogP contribution in [0.2, 0.25) is 0 Å². The summed E-state index contributed by atoms with van der Waals surface area (Å²) >= 11 is 0. The predicted octanol–water partition coefficient (Wildman–Crippen LogP) is 4.08. The second kappa shape index (κ2) is 7.27. The highest BCUT2D eigenvalue weighted by molar-refractivity contribution is 4.54. The summed E-state index contributed by atoms with van der Waals surface area (Å²) in [5.41, 5.74) is 0. The van der Waals surface area contributed by atoms with Gasteiger partial charge in [0.15, 0.2) is 0 Å². The van der Waals surface area contributed by atoms with Crippen LogP contribution in [-0.4, -0.2) is 31.2 Å². The van der Waals surface area contributed by atoms with Crippen molar-refractivity contribution in [3.8, 4) is 0 Å². The maximum Gasteiger partial charge on any atom is 0.0880 e. The van der Waals surface area contributed by atoms with E-state index in [1.54, 1.807) is 0 Å². The zero-order chi connectivity index (χ0) is 11.9. The average Bonchev–Trinajstić information content (AvgIpc) is 2.14. The number of unbranched alkanes of at least 4 members (excludes halogenated alkanes) is 1. The lowest BCUT2D eigenvalue weighted by Gasteiger charge is -2.37. The van der Waals surface area contributed by atoms with Crippen molar-refractivity contribution >= 4 is 0 Å².